The Balaban J connectivity index is 0.00000267. The molecule has 3 N–H and O–H groups in total. The van der Waals surface area contributed by atoms with Crippen molar-refractivity contribution in [1.82, 2.24) is 19.7 Å². The molecule has 1 aliphatic heterocycles. The van der Waals surface area contributed by atoms with Crippen molar-refractivity contribution < 1.29 is 22.2 Å². The van der Waals surface area contributed by atoms with Gasteiger partial charge in [-0.05, 0) is 62.9 Å². The predicted molar refractivity (Wildman–Crippen MR) is 148 cm³/mol. The molecule has 0 radical (unpaired) electrons. The molecule has 0 aromatic carbocycles. The van der Waals surface area contributed by atoms with Gasteiger partial charge in [0, 0.05) is 22.4 Å². The van der Waals surface area contributed by atoms with Gasteiger partial charge in [0.1, 0.15) is 11.6 Å². The van der Waals surface area contributed by atoms with Gasteiger partial charge in [-0.2, -0.15) is 8.42 Å². The summed E-state index contributed by atoms with van der Waals surface area (Å²) in [6, 6.07) is 13.1. The summed E-state index contributed by atoms with van der Waals surface area (Å²) in [5, 5.41) is -0.336. The molecule has 0 bridgehead atoms. The highest BCUT2D eigenvalue weighted by molar-refractivity contribution is 7.90. The fourth-order valence-corrected chi connectivity index (χ4v) is 5.22. The van der Waals surface area contributed by atoms with Crippen molar-refractivity contribution >= 4 is 27.6 Å². The zero-order chi connectivity index (χ0) is 26.7. The molecular weight excluding hydrogens is 492 g/mol. The van der Waals surface area contributed by atoms with Crippen molar-refractivity contribution in [2.75, 3.05) is 17.2 Å². The summed E-state index contributed by atoms with van der Waals surface area (Å²) in [5.74, 6) is 0.476. The summed E-state index contributed by atoms with van der Waals surface area (Å²) in [6.07, 6.45) is 1.85. The number of aromatic nitrogens is 3. The summed E-state index contributed by atoms with van der Waals surface area (Å²) in [5.41, 5.74) is 6.91. The number of sulfonamides is 1. The average Bonchev–Trinajstić information content (AvgIpc) is 3.19. The molecule has 202 valence electrons. The van der Waals surface area contributed by atoms with E-state index in [0.29, 0.717) is 35.6 Å². The number of nitrogen functional groups attached to an aromatic ring is 1. The molecule has 3 aromatic rings. The number of carbonyl (C=O) groups is 1. The van der Waals surface area contributed by atoms with E-state index in [1.54, 1.807) is 18.2 Å². The van der Waals surface area contributed by atoms with Crippen LogP contribution in [0, 0.1) is 5.92 Å². The molecule has 2 atom stereocenters. The molecule has 1 aliphatic rings. The maximum absolute atomic E-state index is 13.3. The molecule has 0 aliphatic carbocycles. The average molecular weight is 531 g/mol. The van der Waals surface area contributed by atoms with Gasteiger partial charge in [0.2, 0.25) is 5.88 Å². The molecule has 4 heterocycles. The second-order valence-electron chi connectivity index (χ2n) is 9.65. The van der Waals surface area contributed by atoms with Crippen molar-refractivity contribution in [3.8, 4) is 17.3 Å². The number of hydrogen-bond acceptors (Lipinski definition) is 9. The lowest BCUT2D eigenvalue weighted by Crippen LogP contribution is -2.37. The number of rotatable bonds is 8. The topological polar surface area (TPSA) is 140 Å². The van der Waals surface area contributed by atoms with Crippen molar-refractivity contribution in [1.29, 1.82) is 0 Å². The quantitative estimate of drug-likeness (QED) is 0.434. The number of anilines is 2. The van der Waals surface area contributed by atoms with Crippen LogP contribution < -0.4 is 20.1 Å². The van der Waals surface area contributed by atoms with Gasteiger partial charge in [0.05, 0.1) is 23.6 Å². The Morgan fingerprint density at radius 2 is 1.73 bits per heavy atom. The smallest absolute Gasteiger partial charge is 0.281 e. The zero-order valence-corrected chi connectivity index (χ0v) is 22.2. The number of nitrogens with two attached hydrogens (primary N) is 1. The Hall–Kier alpha value is -3.73. The first-order valence-corrected chi connectivity index (χ1v) is 13.7. The lowest BCUT2D eigenvalue weighted by atomic mass is 10.1. The third-order valence-corrected chi connectivity index (χ3v) is 7.35. The van der Waals surface area contributed by atoms with E-state index in [1.807, 2.05) is 12.1 Å². The van der Waals surface area contributed by atoms with E-state index >= 15 is 0 Å². The molecule has 11 heteroatoms. The summed E-state index contributed by atoms with van der Waals surface area (Å²) < 4.78 is 33.6. The van der Waals surface area contributed by atoms with Gasteiger partial charge in [-0.1, -0.05) is 26.0 Å². The van der Waals surface area contributed by atoms with Crippen LogP contribution in [0.5, 0.6) is 5.88 Å². The van der Waals surface area contributed by atoms with Crippen LogP contribution in [0.4, 0.5) is 11.6 Å². The highest BCUT2D eigenvalue weighted by Crippen LogP contribution is 2.33. The van der Waals surface area contributed by atoms with Gasteiger partial charge < -0.3 is 15.4 Å². The largest absolute Gasteiger partial charge is 0.477 e. The molecule has 1 amide bonds. The fourth-order valence-electron chi connectivity index (χ4n) is 4.28. The highest BCUT2D eigenvalue weighted by atomic mass is 32.2. The minimum Gasteiger partial charge on any atom is -0.477 e. The minimum absolute atomic E-state index is 0. The van der Waals surface area contributed by atoms with Crippen LogP contribution in [0.2, 0.25) is 0 Å². The molecule has 1 saturated heterocycles. The van der Waals surface area contributed by atoms with Gasteiger partial charge >= 0.3 is 0 Å². The molecule has 10 nitrogen and oxygen atoms in total. The van der Waals surface area contributed by atoms with E-state index in [4.69, 9.17) is 15.5 Å². The Labute approximate surface area is 221 Å². The van der Waals surface area contributed by atoms with Gasteiger partial charge in [0.15, 0.2) is 5.03 Å². The van der Waals surface area contributed by atoms with E-state index in [0.717, 1.165) is 12.8 Å². The minimum atomic E-state index is -4.24. The lowest BCUT2D eigenvalue weighted by Gasteiger charge is -2.29. The zero-order valence-electron chi connectivity index (χ0n) is 21.4. The number of amides is 1. The first-order valence-electron chi connectivity index (χ1n) is 12.2. The van der Waals surface area contributed by atoms with E-state index in [9.17, 15) is 13.2 Å². The van der Waals surface area contributed by atoms with Crippen LogP contribution in [-0.4, -0.2) is 48.0 Å². The Morgan fingerprint density at radius 1 is 1.05 bits per heavy atom. The second kappa shape index (κ2) is 10.7. The number of nitrogens with one attached hydrogen (secondary N) is 1. The van der Waals surface area contributed by atoms with E-state index in [-0.39, 0.29) is 32.8 Å². The van der Waals surface area contributed by atoms with Crippen LogP contribution in [0.15, 0.2) is 53.6 Å². The Morgan fingerprint density at radius 3 is 2.41 bits per heavy atom. The van der Waals surface area contributed by atoms with Crippen molar-refractivity contribution in [3.63, 3.8) is 0 Å². The summed E-state index contributed by atoms with van der Waals surface area (Å²) >= 11 is 0. The number of carbonyl (C=O) groups excluding carboxylic acids is 1. The molecule has 0 saturated carbocycles. The SMILES string of the molecule is CC(C)COc1cccc(-c2ccc(C(=O)NS(=O)(=O)c3cccc(N)n3)c(N3[C@H](C)CC[C@@H]3C)n2)n1.[HH].[HH].[HH]. The second-order valence-corrected chi connectivity index (χ2v) is 11.3. The standard InChI is InChI=1S/C26H32N6O4S.3H2/c1-16(2)15-36-23-9-5-7-20(28-23)21-14-13-19(25(29-21)32-17(3)11-12-18(32)4)26(33)31-37(34,35)24-10-6-8-22(27)30-24;;;/h5-10,13-14,16-18H,11-12,15H2,1-4H3,(H2,27,30)(H,31,33);3*1H/t17-,18+;;;. The lowest BCUT2D eigenvalue weighted by molar-refractivity contribution is 0.0981. The number of pyridine rings is 3. The molecule has 1 fully saturated rings. The molecule has 37 heavy (non-hydrogen) atoms. The van der Waals surface area contributed by atoms with E-state index in [1.165, 1.54) is 18.2 Å². The highest BCUT2D eigenvalue weighted by Gasteiger charge is 2.33. The van der Waals surface area contributed by atoms with Crippen molar-refractivity contribution in [2.24, 2.45) is 5.92 Å². The normalized spacial score (nSPS) is 17.7. The molecule has 3 aromatic heterocycles. The molecule has 0 unspecified atom stereocenters. The van der Waals surface area contributed by atoms with E-state index in [2.05, 4.69) is 47.3 Å². The monoisotopic (exact) mass is 530 g/mol. The maximum Gasteiger partial charge on any atom is 0.281 e. The summed E-state index contributed by atoms with van der Waals surface area (Å²) in [4.78, 5) is 28.6. The van der Waals surface area contributed by atoms with Gasteiger partial charge in [-0.25, -0.2) is 19.7 Å². The van der Waals surface area contributed by atoms with Crippen LogP contribution in [0.3, 0.4) is 0 Å². The maximum atomic E-state index is 13.3. The van der Waals surface area contributed by atoms with Gasteiger partial charge in [-0.15, -0.1) is 0 Å². The molecule has 4 rings (SSSR count). The van der Waals surface area contributed by atoms with E-state index < -0.39 is 15.9 Å². The molecule has 0 spiro atoms. The number of hydrogen-bond donors (Lipinski definition) is 2. The third-order valence-electron chi connectivity index (χ3n) is 6.11. The fraction of sp³-hybridized carbons (Fsp3) is 0.385. The van der Waals surface area contributed by atoms with Crippen molar-refractivity contribution in [3.05, 3.63) is 54.1 Å². The molecular formula is C26H38N6O4S. The Kier molecular flexibility index (Phi) is 7.63. The first-order chi connectivity index (χ1) is 17.5. The summed E-state index contributed by atoms with van der Waals surface area (Å²) in [7, 11) is -4.24. The third kappa shape index (κ3) is 5.99. The van der Waals surface area contributed by atoms with Crippen LogP contribution >= 0.6 is 0 Å². The van der Waals surface area contributed by atoms with Crippen molar-refractivity contribution in [2.45, 2.75) is 57.6 Å². The van der Waals surface area contributed by atoms with Crippen LogP contribution in [0.25, 0.3) is 11.4 Å². The predicted octanol–water partition coefficient (Wildman–Crippen LogP) is 4.39. The summed E-state index contributed by atoms with van der Waals surface area (Å²) in [6.45, 7) is 8.77. The Bertz CT molecular complexity index is 1400. The van der Waals surface area contributed by atoms with Gasteiger partial charge in [0.25, 0.3) is 15.9 Å². The van der Waals surface area contributed by atoms with Crippen LogP contribution in [0.1, 0.15) is 55.2 Å². The number of ether oxygens (including phenoxy) is 1. The number of nitrogens with zero attached hydrogens (tertiary/aromatic N) is 4. The van der Waals surface area contributed by atoms with Crippen LogP contribution in [-0.2, 0) is 10.0 Å². The van der Waals surface area contributed by atoms with Gasteiger partial charge in [-0.3, -0.25) is 4.79 Å². The first kappa shape index (κ1) is 26.3.